The van der Waals surface area contributed by atoms with Crippen molar-refractivity contribution in [3.05, 3.63) is 42.5 Å². The van der Waals surface area contributed by atoms with E-state index in [1.54, 1.807) is 0 Å². The molecule has 4 heteroatoms. The standard InChI is InChI=1S/C15H22N2O2/c1-4-7-13-8-5-6-9-15(13)19-11-14(17-18)10-16-12(2)3/h4-6,8-9,12,16,18H,1,7,10-11H2,2-3H3/b17-14-. The van der Waals surface area contributed by atoms with Gasteiger partial charge in [-0.2, -0.15) is 0 Å². The van der Waals surface area contributed by atoms with Crippen LogP contribution in [0.3, 0.4) is 0 Å². The van der Waals surface area contributed by atoms with E-state index in [0.717, 1.165) is 17.7 Å². The highest BCUT2D eigenvalue weighted by molar-refractivity contribution is 5.87. The normalized spacial score (nSPS) is 11.6. The van der Waals surface area contributed by atoms with Crippen LogP contribution in [0.4, 0.5) is 0 Å². The molecule has 0 amide bonds. The molecular weight excluding hydrogens is 240 g/mol. The van der Waals surface area contributed by atoms with E-state index in [9.17, 15) is 0 Å². The lowest BCUT2D eigenvalue weighted by atomic mass is 10.1. The Morgan fingerprint density at radius 1 is 1.47 bits per heavy atom. The zero-order valence-corrected chi connectivity index (χ0v) is 11.6. The van der Waals surface area contributed by atoms with E-state index in [4.69, 9.17) is 9.94 Å². The molecule has 1 aromatic carbocycles. The van der Waals surface area contributed by atoms with Gasteiger partial charge in [-0.05, 0) is 18.1 Å². The fraction of sp³-hybridized carbons (Fsp3) is 0.400. The Morgan fingerprint density at radius 3 is 2.84 bits per heavy atom. The van der Waals surface area contributed by atoms with Crippen LogP contribution >= 0.6 is 0 Å². The van der Waals surface area contributed by atoms with Gasteiger partial charge in [0.05, 0.1) is 0 Å². The van der Waals surface area contributed by atoms with Crippen LogP contribution in [0.15, 0.2) is 42.1 Å². The summed E-state index contributed by atoms with van der Waals surface area (Å²) >= 11 is 0. The number of para-hydroxylation sites is 1. The molecule has 0 aliphatic heterocycles. The van der Waals surface area contributed by atoms with E-state index in [-0.39, 0.29) is 6.61 Å². The Balaban J connectivity index is 2.57. The third-order valence-electron chi connectivity index (χ3n) is 2.59. The van der Waals surface area contributed by atoms with Crippen molar-refractivity contribution in [2.24, 2.45) is 5.16 Å². The van der Waals surface area contributed by atoms with Gasteiger partial charge in [0.1, 0.15) is 18.1 Å². The zero-order valence-electron chi connectivity index (χ0n) is 11.6. The van der Waals surface area contributed by atoms with Crippen LogP contribution in [0.1, 0.15) is 19.4 Å². The second-order valence-corrected chi connectivity index (χ2v) is 4.59. The van der Waals surface area contributed by atoms with Crippen LogP contribution in [0.25, 0.3) is 0 Å². The molecule has 104 valence electrons. The van der Waals surface area contributed by atoms with Gasteiger partial charge in [0.25, 0.3) is 0 Å². The van der Waals surface area contributed by atoms with Gasteiger partial charge in [-0.15, -0.1) is 6.58 Å². The molecule has 2 N–H and O–H groups in total. The van der Waals surface area contributed by atoms with Gasteiger partial charge in [-0.1, -0.05) is 43.3 Å². The van der Waals surface area contributed by atoms with E-state index in [0.29, 0.717) is 18.3 Å². The van der Waals surface area contributed by atoms with Crippen molar-refractivity contribution in [3.63, 3.8) is 0 Å². The Hall–Kier alpha value is -1.81. The van der Waals surface area contributed by atoms with E-state index < -0.39 is 0 Å². The predicted molar refractivity (Wildman–Crippen MR) is 78.2 cm³/mol. The van der Waals surface area contributed by atoms with Crippen molar-refractivity contribution < 1.29 is 9.94 Å². The first-order chi connectivity index (χ1) is 9.17. The average molecular weight is 262 g/mol. The van der Waals surface area contributed by atoms with Crippen LogP contribution in [0.2, 0.25) is 0 Å². The summed E-state index contributed by atoms with van der Waals surface area (Å²) in [5.74, 6) is 0.799. The lowest BCUT2D eigenvalue weighted by Crippen LogP contribution is -2.32. The van der Waals surface area contributed by atoms with Gasteiger partial charge in [0.2, 0.25) is 0 Å². The minimum absolute atomic E-state index is 0.268. The van der Waals surface area contributed by atoms with Gasteiger partial charge in [-0.25, -0.2) is 0 Å². The number of ether oxygens (including phenoxy) is 1. The predicted octanol–water partition coefficient (Wildman–Crippen LogP) is 2.62. The topological polar surface area (TPSA) is 53.8 Å². The molecule has 1 aromatic rings. The molecule has 0 fully saturated rings. The Morgan fingerprint density at radius 2 is 2.21 bits per heavy atom. The average Bonchev–Trinajstić information content (AvgIpc) is 2.40. The summed E-state index contributed by atoms with van der Waals surface area (Å²) in [6.45, 7) is 8.58. The second kappa shape index (κ2) is 8.32. The summed E-state index contributed by atoms with van der Waals surface area (Å²) in [5.41, 5.74) is 1.65. The molecular formula is C15H22N2O2. The van der Waals surface area contributed by atoms with Gasteiger partial charge < -0.3 is 15.3 Å². The molecule has 0 spiro atoms. The van der Waals surface area contributed by atoms with Gasteiger partial charge in [0.15, 0.2) is 0 Å². The molecule has 0 atom stereocenters. The molecule has 0 aliphatic rings. The van der Waals surface area contributed by atoms with Crippen LogP contribution in [0.5, 0.6) is 5.75 Å². The first-order valence-corrected chi connectivity index (χ1v) is 6.42. The quantitative estimate of drug-likeness (QED) is 0.328. The molecule has 0 aromatic heterocycles. The number of rotatable bonds is 8. The highest BCUT2D eigenvalue weighted by Gasteiger charge is 2.06. The van der Waals surface area contributed by atoms with Crippen molar-refractivity contribution in [1.82, 2.24) is 5.32 Å². The van der Waals surface area contributed by atoms with Crippen LogP contribution in [-0.2, 0) is 6.42 Å². The van der Waals surface area contributed by atoms with Crippen LogP contribution in [-0.4, -0.2) is 30.1 Å². The zero-order chi connectivity index (χ0) is 14.1. The number of nitrogens with zero attached hydrogens (tertiary/aromatic N) is 1. The van der Waals surface area contributed by atoms with E-state index in [2.05, 4.69) is 17.1 Å². The molecule has 0 heterocycles. The monoisotopic (exact) mass is 262 g/mol. The smallest absolute Gasteiger partial charge is 0.131 e. The van der Waals surface area contributed by atoms with Gasteiger partial charge >= 0.3 is 0 Å². The lowest BCUT2D eigenvalue weighted by Gasteiger charge is -2.12. The van der Waals surface area contributed by atoms with Gasteiger partial charge in [-0.3, -0.25) is 0 Å². The molecule has 0 unspecified atom stereocenters. The van der Waals surface area contributed by atoms with Crippen molar-refractivity contribution in [3.8, 4) is 5.75 Å². The summed E-state index contributed by atoms with van der Waals surface area (Å²) in [5, 5.41) is 15.4. The SMILES string of the molecule is C=CCc1ccccc1OC/C(CNC(C)C)=N\O. The van der Waals surface area contributed by atoms with Crippen LogP contribution in [0, 0.1) is 0 Å². The fourth-order valence-electron chi connectivity index (χ4n) is 1.57. The summed E-state index contributed by atoms with van der Waals surface area (Å²) in [7, 11) is 0. The van der Waals surface area contributed by atoms with Crippen molar-refractivity contribution in [1.29, 1.82) is 0 Å². The fourth-order valence-corrected chi connectivity index (χ4v) is 1.57. The number of allylic oxidation sites excluding steroid dienone is 1. The van der Waals surface area contributed by atoms with Crippen LogP contribution < -0.4 is 10.1 Å². The number of hydrogen-bond acceptors (Lipinski definition) is 4. The molecule has 0 bridgehead atoms. The third kappa shape index (κ3) is 5.57. The second-order valence-electron chi connectivity index (χ2n) is 4.59. The number of oxime groups is 1. The van der Waals surface area contributed by atoms with Crippen molar-refractivity contribution in [2.45, 2.75) is 26.3 Å². The molecule has 4 nitrogen and oxygen atoms in total. The number of nitrogens with one attached hydrogen (secondary N) is 1. The molecule has 19 heavy (non-hydrogen) atoms. The number of benzene rings is 1. The highest BCUT2D eigenvalue weighted by atomic mass is 16.5. The molecule has 0 radical (unpaired) electrons. The van der Waals surface area contributed by atoms with E-state index >= 15 is 0 Å². The summed E-state index contributed by atoms with van der Waals surface area (Å²) in [6.07, 6.45) is 2.59. The maximum absolute atomic E-state index is 8.94. The molecule has 0 saturated heterocycles. The van der Waals surface area contributed by atoms with Crippen molar-refractivity contribution in [2.75, 3.05) is 13.2 Å². The third-order valence-corrected chi connectivity index (χ3v) is 2.59. The Labute approximate surface area is 114 Å². The molecule has 0 aliphatic carbocycles. The summed E-state index contributed by atoms with van der Waals surface area (Å²) in [4.78, 5) is 0. The maximum atomic E-state index is 8.94. The maximum Gasteiger partial charge on any atom is 0.131 e. The lowest BCUT2D eigenvalue weighted by molar-refractivity contribution is 0.304. The summed E-state index contributed by atoms with van der Waals surface area (Å²) in [6, 6.07) is 8.13. The first kappa shape index (κ1) is 15.2. The van der Waals surface area contributed by atoms with Gasteiger partial charge in [0, 0.05) is 12.6 Å². The van der Waals surface area contributed by atoms with E-state index in [1.807, 2.05) is 44.2 Å². The summed E-state index contributed by atoms with van der Waals surface area (Å²) < 4.78 is 5.70. The molecule has 1 rings (SSSR count). The first-order valence-electron chi connectivity index (χ1n) is 6.42. The van der Waals surface area contributed by atoms with Crippen molar-refractivity contribution >= 4 is 5.71 Å². The number of hydrogen-bond donors (Lipinski definition) is 2. The minimum atomic E-state index is 0.268. The van der Waals surface area contributed by atoms with E-state index in [1.165, 1.54) is 0 Å². The largest absolute Gasteiger partial charge is 0.487 e. The minimum Gasteiger partial charge on any atom is -0.487 e. The Bertz CT molecular complexity index is 428. The molecule has 0 saturated carbocycles. The highest BCUT2D eigenvalue weighted by Crippen LogP contribution is 2.18. The Kier molecular flexibility index (Phi) is 6.68.